The van der Waals surface area contributed by atoms with Crippen molar-refractivity contribution in [2.45, 2.75) is 0 Å². The molecule has 1 aliphatic heterocycles. The number of hydrogen-bond acceptors (Lipinski definition) is 5. The number of pyridine rings is 1. The molecule has 1 aromatic heterocycles. The van der Waals surface area contributed by atoms with Gasteiger partial charge in [0.15, 0.2) is 0 Å². The van der Waals surface area contributed by atoms with Gasteiger partial charge >= 0.3 is 0 Å². The molecule has 1 aliphatic rings. The zero-order valence-electron chi connectivity index (χ0n) is 11.7. The van der Waals surface area contributed by atoms with Crippen LogP contribution in [0.5, 0.6) is 0 Å². The van der Waals surface area contributed by atoms with Gasteiger partial charge in [-0.15, -0.1) is 0 Å². The summed E-state index contributed by atoms with van der Waals surface area (Å²) >= 11 is 6.26. The quantitative estimate of drug-likeness (QED) is 0.673. The van der Waals surface area contributed by atoms with Crippen molar-refractivity contribution >= 4 is 28.8 Å². The normalized spacial score (nSPS) is 15.1. The van der Waals surface area contributed by atoms with Gasteiger partial charge in [0.25, 0.3) is 0 Å². The first-order valence-electron chi connectivity index (χ1n) is 6.95. The Bertz CT molecular complexity index is 611. The minimum absolute atomic E-state index is 0.682. The van der Waals surface area contributed by atoms with Crippen LogP contribution in [-0.4, -0.2) is 31.2 Å². The van der Waals surface area contributed by atoms with E-state index in [2.05, 4.69) is 26.3 Å². The summed E-state index contributed by atoms with van der Waals surface area (Å²) in [6, 6.07) is 12.0. The van der Waals surface area contributed by atoms with Crippen LogP contribution in [0.4, 0.5) is 17.2 Å². The Morgan fingerprint density at radius 3 is 2.48 bits per heavy atom. The van der Waals surface area contributed by atoms with E-state index >= 15 is 0 Å². The number of anilines is 3. The number of hydrogen-bond donors (Lipinski definition) is 2. The monoisotopic (exact) mass is 303 g/mol. The van der Waals surface area contributed by atoms with E-state index < -0.39 is 0 Å². The maximum absolute atomic E-state index is 6.26. The van der Waals surface area contributed by atoms with E-state index in [0.717, 1.165) is 42.6 Å². The van der Waals surface area contributed by atoms with Gasteiger partial charge in [-0.2, -0.15) is 0 Å². The smallest absolute Gasteiger partial charge is 0.141 e. The summed E-state index contributed by atoms with van der Waals surface area (Å²) in [5.74, 6) is 6.09. The fourth-order valence-corrected chi connectivity index (χ4v) is 2.86. The molecule has 0 bridgehead atoms. The summed E-state index contributed by atoms with van der Waals surface area (Å²) in [6.45, 7) is 3.77. The van der Waals surface area contributed by atoms with Crippen LogP contribution >= 0.6 is 11.6 Å². The van der Waals surface area contributed by atoms with Gasteiger partial charge in [0, 0.05) is 44.1 Å². The lowest BCUT2D eigenvalue weighted by Gasteiger charge is -2.37. The Hall–Kier alpha value is -1.98. The number of nitrogens with zero attached hydrogens (tertiary/aromatic N) is 3. The second-order valence-corrected chi connectivity index (χ2v) is 5.38. The summed E-state index contributed by atoms with van der Waals surface area (Å²) in [6.07, 6.45) is 1.77. The van der Waals surface area contributed by atoms with Gasteiger partial charge in [0.1, 0.15) is 5.82 Å². The molecule has 110 valence electrons. The number of rotatable bonds is 3. The summed E-state index contributed by atoms with van der Waals surface area (Å²) < 4.78 is 0. The minimum atomic E-state index is 0.682. The van der Waals surface area contributed by atoms with Crippen LogP contribution in [0.25, 0.3) is 0 Å². The molecule has 0 atom stereocenters. The highest BCUT2D eigenvalue weighted by molar-refractivity contribution is 6.33. The third-order valence-corrected chi connectivity index (χ3v) is 4.05. The summed E-state index contributed by atoms with van der Waals surface area (Å²) in [7, 11) is 0. The van der Waals surface area contributed by atoms with Crippen molar-refractivity contribution in [3.63, 3.8) is 0 Å². The Labute approximate surface area is 129 Å². The summed E-state index contributed by atoms with van der Waals surface area (Å²) in [4.78, 5) is 8.79. The Kier molecular flexibility index (Phi) is 4.13. The topological polar surface area (TPSA) is 57.4 Å². The third-order valence-electron chi connectivity index (χ3n) is 3.73. The molecule has 0 radical (unpaired) electrons. The number of benzene rings is 1. The third kappa shape index (κ3) is 3.04. The van der Waals surface area contributed by atoms with Crippen molar-refractivity contribution in [3.8, 4) is 0 Å². The Balaban J connectivity index is 1.69. The molecule has 1 fully saturated rings. The highest BCUT2D eigenvalue weighted by Crippen LogP contribution is 2.27. The maximum atomic E-state index is 6.26. The maximum Gasteiger partial charge on any atom is 0.141 e. The molecule has 0 saturated carbocycles. The highest BCUT2D eigenvalue weighted by atomic mass is 35.5. The van der Waals surface area contributed by atoms with Gasteiger partial charge in [-0.1, -0.05) is 23.7 Å². The molecule has 2 heterocycles. The predicted molar refractivity (Wildman–Crippen MR) is 87.9 cm³/mol. The fraction of sp³-hybridized carbons (Fsp3) is 0.267. The van der Waals surface area contributed by atoms with E-state index in [0.29, 0.717) is 5.82 Å². The van der Waals surface area contributed by atoms with E-state index in [1.165, 1.54) is 0 Å². The van der Waals surface area contributed by atoms with Crippen molar-refractivity contribution < 1.29 is 0 Å². The number of nitrogens with two attached hydrogens (primary N) is 1. The zero-order valence-corrected chi connectivity index (χ0v) is 12.4. The van der Waals surface area contributed by atoms with E-state index in [4.69, 9.17) is 17.4 Å². The van der Waals surface area contributed by atoms with Crippen LogP contribution in [0.1, 0.15) is 0 Å². The molecular formula is C15H18ClN5. The first-order chi connectivity index (χ1) is 10.3. The molecule has 3 N–H and O–H groups in total. The van der Waals surface area contributed by atoms with Crippen LogP contribution in [0.2, 0.25) is 5.02 Å². The van der Waals surface area contributed by atoms with E-state index in [1.54, 1.807) is 6.20 Å². The Morgan fingerprint density at radius 2 is 1.76 bits per heavy atom. The second kappa shape index (κ2) is 6.20. The first kappa shape index (κ1) is 14.0. The second-order valence-electron chi connectivity index (χ2n) is 4.97. The lowest BCUT2D eigenvalue weighted by atomic mass is 10.2. The van der Waals surface area contributed by atoms with Crippen LogP contribution in [0, 0.1) is 0 Å². The molecule has 5 nitrogen and oxygen atoms in total. The van der Waals surface area contributed by atoms with E-state index in [-0.39, 0.29) is 0 Å². The van der Waals surface area contributed by atoms with Gasteiger partial charge < -0.3 is 15.2 Å². The molecule has 6 heteroatoms. The van der Waals surface area contributed by atoms with Crippen molar-refractivity contribution in [1.82, 2.24) is 4.98 Å². The number of piperazine rings is 1. The molecule has 21 heavy (non-hydrogen) atoms. The molecular weight excluding hydrogens is 286 g/mol. The summed E-state index contributed by atoms with van der Waals surface area (Å²) in [5, 5.41) is 0.810. The number of aromatic nitrogens is 1. The number of nitrogen functional groups attached to an aromatic ring is 1. The average Bonchev–Trinajstić information content (AvgIpc) is 2.56. The molecule has 0 amide bonds. The standard InChI is InChI=1S/C15H18ClN5/c16-13-3-1-2-4-14(13)21-9-7-20(8-10-21)12-5-6-18-15(11-12)19-17/h1-6,11H,7-10,17H2,(H,18,19). The minimum Gasteiger partial charge on any atom is -0.368 e. The highest BCUT2D eigenvalue weighted by Gasteiger charge is 2.19. The first-order valence-corrected chi connectivity index (χ1v) is 7.33. The number of hydrazine groups is 1. The zero-order chi connectivity index (χ0) is 14.7. The van der Waals surface area contributed by atoms with E-state index in [1.807, 2.05) is 30.3 Å². The van der Waals surface area contributed by atoms with Crippen molar-refractivity contribution in [3.05, 3.63) is 47.6 Å². The molecule has 1 aromatic carbocycles. The largest absolute Gasteiger partial charge is 0.368 e. The molecule has 0 aliphatic carbocycles. The van der Waals surface area contributed by atoms with Crippen molar-refractivity contribution in [1.29, 1.82) is 0 Å². The van der Waals surface area contributed by atoms with Crippen LogP contribution in [0.3, 0.4) is 0 Å². The van der Waals surface area contributed by atoms with Gasteiger partial charge in [-0.3, -0.25) is 0 Å². The van der Waals surface area contributed by atoms with Gasteiger partial charge in [0.05, 0.1) is 10.7 Å². The molecule has 0 spiro atoms. The average molecular weight is 304 g/mol. The van der Waals surface area contributed by atoms with Crippen molar-refractivity contribution in [2.75, 3.05) is 41.4 Å². The van der Waals surface area contributed by atoms with Crippen molar-refractivity contribution in [2.24, 2.45) is 5.84 Å². The lowest BCUT2D eigenvalue weighted by Crippen LogP contribution is -2.46. The van der Waals surface area contributed by atoms with Gasteiger partial charge in [-0.25, -0.2) is 10.8 Å². The van der Waals surface area contributed by atoms with Crippen LogP contribution in [-0.2, 0) is 0 Å². The van der Waals surface area contributed by atoms with Crippen LogP contribution in [0.15, 0.2) is 42.6 Å². The van der Waals surface area contributed by atoms with Gasteiger partial charge in [0.2, 0.25) is 0 Å². The summed E-state index contributed by atoms with van der Waals surface area (Å²) in [5.41, 5.74) is 4.83. The van der Waals surface area contributed by atoms with E-state index in [9.17, 15) is 0 Å². The fourth-order valence-electron chi connectivity index (χ4n) is 2.61. The molecule has 1 saturated heterocycles. The molecule has 2 aromatic rings. The number of halogens is 1. The predicted octanol–water partition coefficient (Wildman–Crippen LogP) is 2.35. The van der Waals surface area contributed by atoms with Crippen LogP contribution < -0.4 is 21.1 Å². The van der Waals surface area contributed by atoms with Gasteiger partial charge in [-0.05, 0) is 18.2 Å². The SMILES string of the molecule is NNc1cc(N2CCN(c3ccccc3Cl)CC2)ccn1. The molecule has 0 unspecified atom stereocenters. The lowest BCUT2D eigenvalue weighted by molar-refractivity contribution is 0.653. The Morgan fingerprint density at radius 1 is 1.05 bits per heavy atom. The number of para-hydroxylation sites is 1. The number of nitrogens with one attached hydrogen (secondary N) is 1. The molecule has 3 rings (SSSR count).